The van der Waals surface area contributed by atoms with E-state index in [9.17, 15) is 4.79 Å². The number of nitrogens with zero attached hydrogens (tertiary/aromatic N) is 1. The van der Waals surface area contributed by atoms with Crippen molar-refractivity contribution in [2.24, 2.45) is 16.8 Å². The summed E-state index contributed by atoms with van der Waals surface area (Å²) in [5.74, 6) is 5.83. The van der Waals surface area contributed by atoms with Gasteiger partial charge in [-0.25, -0.2) is 10.8 Å². The molecule has 0 bridgehead atoms. The van der Waals surface area contributed by atoms with Crippen LogP contribution in [0.3, 0.4) is 0 Å². The lowest BCUT2D eigenvalue weighted by Crippen LogP contribution is -2.30. The molecule has 1 amide bonds. The van der Waals surface area contributed by atoms with Crippen LogP contribution in [0.5, 0.6) is 0 Å². The molecule has 0 aromatic heterocycles. The van der Waals surface area contributed by atoms with Gasteiger partial charge in [0.05, 0.1) is 6.04 Å². The minimum atomic E-state index is -0.323. The van der Waals surface area contributed by atoms with E-state index in [2.05, 4.69) is 24.3 Å². The number of carbonyl (C=O) groups is 1. The van der Waals surface area contributed by atoms with Gasteiger partial charge in [-0.05, 0) is 24.1 Å². The Morgan fingerprint density at radius 2 is 2.33 bits per heavy atom. The van der Waals surface area contributed by atoms with Crippen LogP contribution < -0.4 is 11.3 Å². The Bertz CT molecular complexity index is 483. The largest absolute Gasteiger partial charge is 0.475 e. The Morgan fingerprint density at radius 1 is 1.56 bits per heavy atom. The van der Waals surface area contributed by atoms with Gasteiger partial charge in [0.1, 0.15) is 6.61 Å². The number of nitrogens with one attached hydrogen (secondary N) is 1. The molecular weight excluding hydrogens is 230 g/mol. The predicted molar refractivity (Wildman–Crippen MR) is 69.2 cm³/mol. The van der Waals surface area contributed by atoms with Crippen LogP contribution in [0.1, 0.15) is 29.8 Å². The maximum Gasteiger partial charge on any atom is 0.265 e. The molecule has 0 saturated carbocycles. The summed E-state index contributed by atoms with van der Waals surface area (Å²) >= 11 is 0. The zero-order chi connectivity index (χ0) is 13.1. The molecule has 2 rings (SSSR count). The number of hydrazine groups is 1. The fourth-order valence-electron chi connectivity index (χ4n) is 1.77. The average Bonchev–Trinajstić information content (AvgIpc) is 2.88. The van der Waals surface area contributed by atoms with Crippen molar-refractivity contribution in [3.8, 4) is 0 Å². The fraction of sp³-hybridized carbons (Fsp3) is 0.385. The van der Waals surface area contributed by atoms with Crippen LogP contribution in [0.15, 0.2) is 29.3 Å². The number of rotatable bonds is 3. The molecule has 1 atom stereocenters. The molecule has 1 aromatic rings. The minimum Gasteiger partial charge on any atom is -0.475 e. The number of nitrogen functional groups attached to an aromatic ring is 1. The Hall–Kier alpha value is -1.88. The van der Waals surface area contributed by atoms with Gasteiger partial charge in [-0.3, -0.25) is 10.2 Å². The number of nitrogens with two attached hydrogens (primary N) is 1. The van der Waals surface area contributed by atoms with E-state index in [-0.39, 0.29) is 11.9 Å². The minimum absolute atomic E-state index is 0.187. The highest BCUT2D eigenvalue weighted by Gasteiger charge is 2.23. The van der Waals surface area contributed by atoms with Gasteiger partial charge in [-0.2, -0.15) is 0 Å². The third kappa shape index (κ3) is 2.51. The molecule has 1 heterocycles. The van der Waals surface area contributed by atoms with Crippen molar-refractivity contribution in [1.29, 1.82) is 0 Å². The molecule has 1 unspecified atom stereocenters. The lowest BCUT2D eigenvalue weighted by molar-refractivity contribution is 0.0953. The zero-order valence-electron chi connectivity index (χ0n) is 10.5. The van der Waals surface area contributed by atoms with Crippen molar-refractivity contribution < 1.29 is 9.53 Å². The summed E-state index contributed by atoms with van der Waals surface area (Å²) in [6.07, 6.45) is 0. The molecule has 0 spiro atoms. The second kappa shape index (κ2) is 5.18. The summed E-state index contributed by atoms with van der Waals surface area (Å²) in [5, 5.41) is 0. The Kier molecular flexibility index (Phi) is 3.62. The first-order chi connectivity index (χ1) is 8.61. The number of hydrogen-bond acceptors (Lipinski definition) is 4. The highest BCUT2D eigenvalue weighted by molar-refractivity contribution is 5.99. The summed E-state index contributed by atoms with van der Waals surface area (Å²) in [7, 11) is 0. The Balaban J connectivity index is 2.24. The van der Waals surface area contributed by atoms with Crippen LogP contribution in [0, 0.1) is 5.92 Å². The summed E-state index contributed by atoms with van der Waals surface area (Å²) < 4.78 is 5.57. The van der Waals surface area contributed by atoms with Crippen LogP contribution in [-0.2, 0) is 4.74 Å². The third-order valence-electron chi connectivity index (χ3n) is 2.95. The van der Waals surface area contributed by atoms with E-state index in [1.54, 1.807) is 18.2 Å². The predicted octanol–water partition coefficient (Wildman–Crippen LogP) is 1.09. The van der Waals surface area contributed by atoms with Crippen LogP contribution >= 0.6 is 0 Å². The van der Waals surface area contributed by atoms with Gasteiger partial charge in [-0.1, -0.05) is 19.9 Å². The van der Waals surface area contributed by atoms with Gasteiger partial charge in [0.25, 0.3) is 5.91 Å². The van der Waals surface area contributed by atoms with Crippen molar-refractivity contribution in [2.45, 2.75) is 19.9 Å². The van der Waals surface area contributed by atoms with E-state index >= 15 is 0 Å². The normalized spacial score (nSPS) is 18.4. The number of carbonyl (C=O) groups excluding carboxylic acids is 1. The van der Waals surface area contributed by atoms with E-state index in [0.717, 1.165) is 5.56 Å². The maximum atomic E-state index is 11.4. The lowest BCUT2D eigenvalue weighted by atomic mass is 10.1. The summed E-state index contributed by atoms with van der Waals surface area (Å²) in [6, 6.07) is 7.26. The molecule has 1 aliphatic rings. The smallest absolute Gasteiger partial charge is 0.265 e. The molecule has 0 saturated heterocycles. The molecule has 3 N–H and O–H groups in total. The zero-order valence-corrected chi connectivity index (χ0v) is 10.5. The number of hydrogen-bond donors (Lipinski definition) is 2. The standard InChI is InChI=1S/C13H17N3O2/c1-8(2)11-7-18-13(15-11)10-5-3-4-9(6-10)12(17)16-14/h3-6,8,11H,7,14H2,1-2H3,(H,16,17). The van der Waals surface area contributed by atoms with Crippen molar-refractivity contribution in [2.75, 3.05) is 6.61 Å². The molecule has 5 heteroatoms. The van der Waals surface area contributed by atoms with Gasteiger partial charge in [-0.15, -0.1) is 0 Å². The number of ether oxygens (including phenoxy) is 1. The van der Waals surface area contributed by atoms with Crippen LogP contribution in [-0.4, -0.2) is 24.5 Å². The summed E-state index contributed by atoms with van der Waals surface area (Å²) in [5.41, 5.74) is 3.41. The molecule has 1 aliphatic heterocycles. The Labute approximate surface area is 106 Å². The molecule has 96 valence electrons. The Morgan fingerprint density at radius 3 is 2.94 bits per heavy atom. The first kappa shape index (κ1) is 12.6. The molecule has 5 nitrogen and oxygen atoms in total. The van der Waals surface area contributed by atoms with Gasteiger partial charge in [0.15, 0.2) is 0 Å². The third-order valence-corrected chi connectivity index (χ3v) is 2.95. The molecule has 1 aromatic carbocycles. The highest BCUT2D eigenvalue weighted by atomic mass is 16.5. The monoisotopic (exact) mass is 247 g/mol. The van der Waals surface area contributed by atoms with Crippen molar-refractivity contribution in [1.82, 2.24) is 5.43 Å². The van der Waals surface area contributed by atoms with Crippen molar-refractivity contribution in [3.05, 3.63) is 35.4 Å². The molecular formula is C13H17N3O2. The average molecular weight is 247 g/mol. The van der Waals surface area contributed by atoms with Crippen LogP contribution in [0.25, 0.3) is 0 Å². The first-order valence-electron chi connectivity index (χ1n) is 5.94. The quantitative estimate of drug-likeness (QED) is 0.477. The summed E-state index contributed by atoms with van der Waals surface area (Å²) in [6.45, 7) is 4.82. The fourth-order valence-corrected chi connectivity index (χ4v) is 1.77. The number of benzene rings is 1. The lowest BCUT2D eigenvalue weighted by Gasteiger charge is -2.06. The SMILES string of the molecule is CC(C)C1COC(c2cccc(C(=O)NN)c2)=N1. The van der Waals surface area contributed by atoms with Crippen molar-refractivity contribution in [3.63, 3.8) is 0 Å². The van der Waals surface area contributed by atoms with E-state index in [1.807, 2.05) is 6.07 Å². The highest BCUT2D eigenvalue weighted by Crippen LogP contribution is 2.18. The van der Waals surface area contributed by atoms with E-state index < -0.39 is 0 Å². The topological polar surface area (TPSA) is 76.7 Å². The van der Waals surface area contributed by atoms with Crippen LogP contribution in [0.2, 0.25) is 0 Å². The van der Waals surface area contributed by atoms with Gasteiger partial charge in [0.2, 0.25) is 5.90 Å². The van der Waals surface area contributed by atoms with E-state index in [0.29, 0.717) is 24.0 Å². The molecule has 0 aliphatic carbocycles. The van der Waals surface area contributed by atoms with Gasteiger partial charge in [0, 0.05) is 11.1 Å². The molecule has 18 heavy (non-hydrogen) atoms. The van der Waals surface area contributed by atoms with Crippen molar-refractivity contribution >= 4 is 11.8 Å². The van der Waals surface area contributed by atoms with Gasteiger partial charge < -0.3 is 4.74 Å². The number of amides is 1. The molecule has 0 radical (unpaired) electrons. The second-order valence-corrected chi connectivity index (χ2v) is 4.61. The van der Waals surface area contributed by atoms with E-state index in [1.165, 1.54) is 0 Å². The summed E-state index contributed by atoms with van der Waals surface area (Å²) in [4.78, 5) is 16.0. The van der Waals surface area contributed by atoms with Crippen LogP contribution in [0.4, 0.5) is 0 Å². The molecule has 0 fully saturated rings. The first-order valence-corrected chi connectivity index (χ1v) is 5.94. The second-order valence-electron chi connectivity index (χ2n) is 4.61. The number of aliphatic imine (C=N–C) groups is 1. The van der Waals surface area contributed by atoms with E-state index in [4.69, 9.17) is 10.6 Å². The maximum absolute atomic E-state index is 11.4. The van der Waals surface area contributed by atoms with Gasteiger partial charge >= 0.3 is 0 Å².